The predicted octanol–water partition coefficient (Wildman–Crippen LogP) is 6.72. The van der Waals surface area contributed by atoms with Crippen molar-refractivity contribution in [2.75, 3.05) is 25.1 Å². The molecular weight excluding hydrogens is 535 g/mol. The molecule has 1 aliphatic rings. The second-order valence-corrected chi connectivity index (χ2v) is 9.73. The van der Waals surface area contributed by atoms with Crippen molar-refractivity contribution < 1.29 is 32.5 Å². The van der Waals surface area contributed by atoms with Crippen molar-refractivity contribution in [3.8, 4) is 33.9 Å². The number of hydrogen-bond acceptors (Lipinski definition) is 6. The van der Waals surface area contributed by atoms with Gasteiger partial charge in [-0.15, -0.1) is 0 Å². The van der Waals surface area contributed by atoms with Crippen LogP contribution in [-0.2, 0) is 17.6 Å². The Morgan fingerprint density at radius 2 is 1.68 bits per heavy atom. The maximum absolute atomic E-state index is 12.9. The fourth-order valence-corrected chi connectivity index (χ4v) is 4.83. The molecule has 10 heteroatoms. The highest BCUT2D eigenvalue weighted by molar-refractivity contribution is 5.71. The standard InChI is InChI=1S/C31H28F3N3O4/c1-40-28-18-22(20-8-10-24(11-9-20)31(32,33)34)6-7-23(28)19-41-27-5-3-2-4-25(27)26-12-15-35-30(36-26)37-16-13-21(14-17-37)29(38)39/h2-12,15,18,21H,13-14,16-17,19H2,1H3,(H,38,39). The molecule has 1 aromatic heterocycles. The zero-order chi connectivity index (χ0) is 29.0. The molecule has 1 aliphatic heterocycles. The molecule has 0 spiro atoms. The van der Waals surface area contributed by atoms with Crippen molar-refractivity contribution in [2.45, 2.75) is 25.6 Å². The topological polar surface area (TPSA) is 84.8 Å². The minimum Gasteiger partial charge on any atom is -0.496 e. The summed E-state index contributed by atoms with van der Waals surface area (Å²) in [6, 6.07) is 19.7. The Balaban J connectivity index is 1.32. The lowest BCUT2D eigenvalue weighted by Gasteiger charge is -2.30. The van der Waals surface area contributed by atoms with E-state index in [-0.39, 0.29) is 12.5 Å². The van der Waals surface area contributed by atoms with E-state index in [1.165, 1.54) is 19.2 Å². The summed E-state index contributed by atoms with van der Waals surface area (Å²) < 4.78 is 50.6. The minimum absolute atomic E-state index is 0.189. The molecule has 212 valence electrons. The number of aromatic nitrogens is 2. The lowest BCUT2D eigenvalue weighted by atomic mass is 9.97. The van der Waals surface area contributed by atoms with Crippen LogP contribution in [0.5, 0.6) is 11.5 Å². The maximum Gasteiger partial charge on any atom is 0.416 e. The molecule has 0 bridgehead atoms. The van der Waals surface area contributed by atoms with Gasteiger partial charge in [-0.1, -0.05) is 36.4 Å². The summed E-state index contributed by atoms with van der Waals surface area (Å²) in [6.07, 6.45) is -1.62. The number of halogens is 3. The largest absolute Gasteiger partial charge is 0.496 e. The first-order chi connectivity index (χ1) is 19.7. The number of hydrogen-bond donors (Lipinski definition) is 1. The molecule has 4 aromatic rings. The Morgan fingerprint density at radius 3 is 2.37 bits per heavy atom. The quantitative estimate of drug-likeness (QED) is 0.255. The Labute approximate surface area is 235 Å². The van der Waals surface area contributed by atoms with Crippen LogP contribution in [0.1, 0.15) is 24.0 Å². The molecular formula is C31H28F3N3O4. The average Bonchev–Trinajstić information content (AvgIpc) is 3.00. The van der Waals surface area contributed by atoms with Gasteiger partial charge in [0.1, 0.15) is 18.1 Å². The van der Waals surface area contributed by atoms with Gasteiger partial charge in [0.2, 0.25) is 5.95 Å². The van der Waals surface area contributed by atoms with E-state index in [1.807, 2.05) is 41.3 Å². The first kappa shape index (κ1) is 27.9. The van der Waals surface area contributed by atoms with Crippen molar-refractivity contribution in [1.29, 1.82) is 0 Å². The third-order valence-electron chi connectivity index (χ3n) is 7.15. The van der Waals surface area contributed by atoms with Crippen LogP contribution in [0, 0.1) is 5.92 Å². The van der Waals surface area contributed by atoms with Crippen LogP contribution in [0.2, 0.25) is 0 Å². The number of carbonyl (C=O) groups is 1. The van der Waals surface area contributed by atoms with Gasteiger partial charge in [-0.3, -0.25) is 4.79 Å². The van der Waals surface area contributed by atoms with Crippen LogP contribution in [-0.4, -0.2) is 41.2 Å². The second-order valence-electron chi connectivity index (χ2n) is 9.73. The van der Waals surface area contributed by atoms with Gasteiger partial charge in [0.05, 0.1) is 24.3 Å². The average molecular weight is 564 g/mol. The molecule has 0 aliphatic carbocycles. The van der Waals surface area contributed by atoms with Crippen molar-refractivity contribution in [3.63, 3.8) is 0 Å². The summed E-state index contributed by atoms with van der Waals surface area (Å²) in [4.78, 5) is 22.4. The molecule has 1 fully saturated rings. The first-order valence-electron chi connectivity index (χ1n) is 13.1. The van der Waals surface area contributed by atoms with Gasteiger partial charge in [-0.05, 0) is 60.4 Å². The lowest BCUT2D eigenvalue weighted by molar-refractivity contribution is -0.142. The van der Waals surface area contributed by atoms with Crippen molar-refractivity contribution in [2.24, 2.45) is 5.92 Å². The fourth-order valence-electron chi connectivity index (χ4n) is 4.83. The predicted molar refractivity (Wildman–Crippen MR) is 148 cm³/mol. The lowest BCUT2D eigenvalue weighted by Crippen LogP contribution is -2.37. The number of carboxylic acids is 1. The van der Waals surface area contributed by atoms with E-state index in [2.05, 4.69) is 4.98 Å². The number of carboxylic acid groups (broad SMARTS) is 1. The maximum atomic E-state index is 12.9. The Hall–Kier alpha value is -4.60. The van der Waals surface area contributed by atoms with Crippen molar-refractivity contribution in [3.05, 3.63) is 90.1 Å². The summed E-state index contributed by atoms with van der Waals surface area (Å²) in [5.41, 5.74) is 2.88. The SMILES string of the molecule is COc1cc(-c2ccc(C(F)(F)F)cc2)ccc1COc1ccccc1-c1ccnc(N2CCC(C(=O)O)CC2)n1. The Morgan fingerprint density at radius 1 is 0.976 bits per heavy atom. The number of rotatable bonds is 8. The highest BCUT2D eigenvalue weighted by atomic mass is 19.4. The van der Waals surface area contributed by atoms with Crippen molar-refractivity contribution >= 4 is 11.9 Å². The van der Waals surface area contributed by atoms with E-state index in [1.54, 1.807) is 18.3 Å². The van der Waals surface area contributed by atoms with Crippen LogP contribution in [0.4, 0.5) is 19.1 Å². The number of benzene rings is 3. The molecule has 1 N–H and O–H groups in total. The third kappa shape index (κ3) is 6.42. The molecule has 0 atom stereocenters. The van der Waals surface area contributed by atoms with E-state index >= 15 is 0 Å². The molecule has 0 radical (unpaired) electrons. The van der Waals surface area contributed by atoms with Crippen molar-refractivity contribution in [1.82, 2.24) is 9.97 Å². The van der Waals surface area contributed by atoms with Gasteiger partial charge in [0, 0.05) is 30.4 Å². The second kappa shape index (κ2) is 11.9. The van der Waals surface area contributed by atoms with Gasteiger partial charge in [-0.25, -0.2) is 9.97 Å². The number of piperidine rings is 1. The molecule has 41 heavy (non-hydrogen) atoms. The summed E-state index contributed by atoms with van der Waals surface area (Å²) in [5.74, 6) is 0.590. The number of ether oxygens (including phenoxy) is 2. The molecule has 0 unspecified atom stereocenters. The smallest absolute Gasteiger partial charge is 0.416 e. The molecule has 2 heterocycles. The number of nitrogens with zero attached hydrogens (tertiary/aromatic N) is 3. The third-order valence-corrected chi connectivity index (χ3v) is 7.15. The van der Waals surface area contributed by atoms with Crippen LogP contribution < -0.4 is 14.4 Å². The molecule has 1 saturated heterocycles. The van der Waals surface area contributed by atoms with Crippen LogP contribution >= 0.6 is 0 Å². The van der Waals surface area contributed by atoms with Gasteiger partial charge in [-0.2, -0.15) is 13.2 Å². The van der Waals surface area contributed by atoms with Gasteiger partial charge in [0.25, 0.3) is 0 Å². The number of para-hydroxylation sites is 1. The molecule has 3 aromatic carbocycles. The highest BCUT2D eigenvalue weighted by Gasteiger charge is 2.30. The number of alkyl halides is 3. The van der Waals surface area contributed by atoms with E-state index in [0.29, 0.717) is 54.6 Å². The van der Waals surface area contributed by atoms with Gasteiger partial charge >= 0.3 is 12.1 Å². The fraction of sp³-hybridized carbons (Fsp3) is 0.258. The Kier molecular flexibility index (Phi) is 8.09. The van der Waals surface area contributed by atoms with Crippen LogP contribution in [0.15, 0.2) is 79.0 Å². The summed E-state index contributed by atoms with van der Waals surface area (Å²) in [6.45, 7) is 1.33. The summed E-state index contributed by atoms with van der Waals surface area (Å²) in [7, 11) is 1.53. The normalized spacial score (nSPS) is 14.1. The molecule has 0 saturated carbocycles. The van der Waals surface area contributed by atoms with Crippen LogP contribution in [0.3, 0.4) is 0 Å². The minimum atomic E-state index is -4.39. The van der Waals surface area contributed by atoms with E-state index in [0.717, 1.165) is 28.8 Å². The summed E-state index contributed by atoms with van der Waals surface area (Å²) in [5, 5.41) is 9.28. The highest BCUT2D eigenvalue weighted by Crippen LogP contribution is 2.34. The van der Waals surface area contributed by atoms with E-state index < -0.39 is 17.7 Å². The molecule has 0 amide bonds. The molecule has 7 nitrogen and oxygen atoms in total. The number of methoxy groups -OCH3 is 1. The van der Waals surface area contributed by atoms with Crippen LogP contribution in [0.25, 0.3) is 22.4 Å². The van der Waals surface area contributed by atoms with Gasteiger partial charge < -0.3 is 19.5 Å². The molecule has 5 rings (SSSR count). The van der Waals surface area contributed by atoms with E-state index in [9.17, 15) is 23.1 Å². The zero-order valence-electron chi connectivity index (χ0n) is 22.3. The number of aliphatic carboxylic acids is 1. The van der Waals surface area contributed by atoms with Gasteiger partial charge in [0.15, 0.2) is 0 Å². The number of anilines is 1. The Bertz CT molecular complexity index is 1520. The zero-order valence-corrected chi connectivity index (χ0v) is 22.3. The van der Waals surface area contributed by atoms with E-state index in [4.69, 9.17) is 14.5 Å². The monoisotopic (exact) mass is 563 g/mol. The summed E-state index contributed by atoms with van der Waals surface area (Å²) >= 11 is 0. The first-order valence-corrected chi connectivity index (χ1v) is 13.1.